The summed E-state index contributed by atoms with van der Waals surface area (Å²) >= 11 is 0. The Bertz CT molecular complexity index is 767. The van der Waals surface area contributed by atoms with Gasteiger partial charge in [-0.3, -0.25) is 0 Å². The molecule has 125 valence electrons. The van der Waals surface area contributed by atoms with Gasteiger partial charge in [-0.1, -0.05) is 40.0 Å². The van der Waals surface area contributed by atoms with Crippen molar-refractivity contribution < 1.29 is 14.2 Å². The van der Waals surface area contributed by atoms with Crippen molar-refractivity contribution in [3.05, 3.63) is 68.8 Å². The Morgan fingerprint density at radius 3 is 1.12 bits per heavy atom. The molecular weight excluding hydrogens is 326 g/mol. The first-order valence-electron chi connectivity index (χ1n) is 7.85. The summed E-state index contributed by atoms with van der Waals surface area (Å²) in [6.45, 7) is 11.1. The van der Waals surface area contributed by atoms with Gasteiger partial charge in [0.2, 0.25) is 0 Å². The Hall–Kier alpha value is -1.52. The maximum Gasteiger partial charge on any atom is 0.501 e. The van der Waals surface area contributed by atoms with E-state index in [-0.39, 0.29) is 18.9 Å². The monoisotopic (exact) mass is 348 g/mol. The largest absolute Gasteiger partial charge is 0.501 e. The average Bonchev–Trinajstić information content (AvgIpc) is 2.43. The van der Waals surface area contributed by atoms with Crippen molar-refractivity contribution in [3.8, 4) is 0 Å². The molecule has 0 saturated heterocycles. The van der Waals surface area contributed by atoms with Crippen LogP contribution in [0.5, 0.6) is 0 Å². The zero-order valence-electron chi connectivity index (χ0n) is 16.0. The van der Waals surface area contributed by atoms with E-state index in [1.54, 1.807) is 0 Å². The van der Waals surface area contributed by atoms with Gasteiger partial charge in [-0.05, 0) is 63.8 Å². The van der Waals surface area contributed by atoms with Crippen LogP contribution in [-0.2, 0) is 4.57 Å². The Labute approximate surface area is 162 Å². The van der Waals surface area contributed by atoms with Crippen molar-refractivity contribution in [1.82, 2.24) is 0 Å². The summed E-state index contributed by atoms with van der Waals surface area (Å²) in [5, 5.41) is 0. The number of hydrogen-bond donors (Lipinski definition) is 0. The summed E-state index contributed by atoms with van der Waals surface area (Å²) in [6, 6.07) is 7.49. The first-order chi connectivity index (χ1) is 11.1. The minimum atomic E-state index is -2.67. The standard InChI is InChI=1S/C20H22O3P.Li/c1-11-7-13(3)17(14(4)8-11)19(21)24(23)20(22)18-15(5)9-12(2)10-16(18)6;/h7-10H,1-6H3;/q+1;. The number of rotatable bonds is 4. The van der Waals surface area contributed by atoms with Crippen molar-refractivity contribution in [3.63, 3.8) is 0 Å². The first kappa shape index (κ1) is 21.5. The van der Waals surface area contributed by atoms with Gasteiger partial charge in [-0.15, -0.1) is 0 Å². The molecule has 0 spiro atoms. The minimum Gasteiger partial charge on any atom is -0.234 e. The van der Waals surface area contributed by atoms with Crippen LogP contribution in [-0.4, -0.2) is 29.9 Å². The third-order valence-corrected chi connectivity index (χ3v) is 5.34. The Kier molecular flexibility index (Phi) is 7.09. The number of hydrogen-bond acceptors (Lipinski definition) is 3. The number of aryl methyl sites for hydroxylation is 6. The van der Waals surface area contributed by atoms with Gasteiger partial charge in [0.05, 0.1) is 11.1 Å². The van der Waals surface area contributed by atoms with Gasteiger partial charge in [0.25, 0.3) is 0 Å². The molecule has 2 aromatic carbocycles. The Morgan fingerprint density at radius 1 is 0.640 bits per heavy atom. The fraction of sp³-hybridized carbons (Fsp3) is 0.300. The molecule has 0 aromatic heterocycles. The fourth-order valence-corrected chi connectivity index (χ4v) is 4.63. The van der Waals surface area contributed by atoms with E-state index < -0.39 is 18.8 Å². The number of carbonyl (C=O) groups excluding carboxylic acids is 2. The topological polar surface area (TPSA) is 51.2 Å². The van der Waals surface area contributed by atoms with Crippen molar-refractivity contribution in [2.75, 3.05) is 0 Å². The normalized spacial score (nSPS) is 10.2. The molecule has 0 N–H and O–H groups in total. The molecule has 1 radical (unpaired) electrons. The van der Waals surface area contributed by atoms with Crippen molar-refractivity contribution >= 4 is 37.7 Å². The molecule has 25 heavy (non-hydrogen) atoms. The summed E-state index contributed by atoms with van der Waals surface area (Å²) in [5.74, 6) is 0. The third kappa shape index (κ3) is 4.36. The molecule has 0 saturated carbocycles. The molecule has 0 heterocycles. The second-order valence-electron chi connectivity index (χ2n) is 6.45. The van der Waals surface area contributed by atoms with Crippen LogP contribution in [0.2, 0.25) is 0 Å². The smallest absolute Gasteiger partial charge is 0.234 e. The van der Waals surface area contributed by atoms with Gasteiger partial charge < -0.3 is 0 Å². The second kappa shape index (κ2) is 8.24. The number of carbonyl (C=O) groups is 2. The van der Waals surface area contributed by atoms with Crippen LogP contribution in [0.25, 0.3) is 0 Å². The molecule has 2 aromatic rings. The average molecular weight is 348 g/mol. The first-order valence-corrected chi connectivity index (χ1v) is 9.11. The van der Waals surface area contributed by atoms with Crippen molar-refractivity contribution in [1.29, 1.82) is 0 Å². The number of benzene rings is 2. The van der Waals surface area contributed by atoms with Crippen LogP contribution in [0.15, 0.2) is 24.3 Å². The van der Waals surface area contributed by atoms with E-state index in [1.807, 2.05) is 65.8 Å². The van der Waals surface area contributed by atoms with Crippen molar-refractivity contribution in [2.45, 2.75) is 41.5 Å². The van der Waals surface area contributed by atoms with Gasteiger partial charge in [-0.2, -0.15) is 0 Å². The van der Waals surface area contributed by atoms with E-state index in [2.05, 4.69) is 0 Å². The molecule has 3 nitrogen and oxygen atoms in total. The molecule has 0 fully saturated rings. The predicted molar refractivity (Wildman–Crippen MR) is 103 cm³/mol. The molecule has 0 atom stereocenters. The van der Waals surface area contributed by atoms with Gasteiger partial charge in [0.15, 0.2) is 0 Å². The van der Waals surface area contributed by atoms with Crippen LogP contribution in [0.1, 0.15) is 54.1 Å². The van der Waals surface area contributed by atoms with Crippen LogP contribution in [0, 0.1) is 41.5 Å². The zero-order valence-corrected chi connectivity index (χ0v) is 16.9. The Balaban J connectivity index is 0.00000312. The van der Waals surface area contributed by atoms with E-state index in [0.717, 1.165) is 33.4 Å². The minimum absolute atomic E-state index is 0. The second-order valence-corrected chi connectivity index (χ2v) is 7.85. The van der Waals surface area contributed by atoms with Crippen LogP contribution < -0.4 is 0 Å². The van der Waals surface area contributed by atoms with E-state index in [0.29, 0.717) is 11.1 Å². The van der Waals surface area contributed by atoms with E-state index in [4.69, 9.17) is 0 Å². The molecule has 0 amide bonds. The molecule has 0 aliphatic carbocycles. The van der Waals surface area contributed by atoms with Gasteiger partial charge >= 0.3 is 18.8 Å². The molecule has 0 aliphatic rings. The maximum absolute atomic E-state index is 12.7. The van der Waals surface area contributed by atoms with Crippen LogP contribution >= 0.6 is 7.80 Å². The summed E-state index contributed by atoms with van der Waals surface area (Å²) in [6.07, 6.45) is 0. The SMILES string of the molecule is Cc1cc(C)c(C(=O)[P+](=O)C(=O)c2c(C)cc(C)cc2C)c(C)c1.[Li]. The third-order valence-electron chi connectivity index (χ3n) is 4.15. The molecule has 0 bridgehead atoms. The van der Waals surface area contributed by atoms with Gasteiger partial charge in [0.1, 0.15) is 0 Å². The molecule has 2 rings (SSSR count). The molecule has 0 aliphatic heterocycles. The predicted octanol–water partition coefficient (Wildman–Crippen LogP) is 4.96. The van der Waals surface area contributed by atoms with Crippen LogP contribution in [0.4, 0.5) is 0 Å². The zero-order chi connectivity index (χ0) is 18.2. The van der Waals surface area contributed by atoms with Gasteiger partial charge in [-0.25, -0.2) is 9.59 Å². The summed E-state index contributed by atoms with van der Waals surface area (Å²) in [5.41, 5.74) is 4.74. The Morgan fingerprint density at radius 2 is 0.880 bits per heavy atom. The van der Waals surface area contributed by atoms with Crippen molar-refractivity contribution in [2.24, 2.45) is 0 Å². The van der Waals surface area contributed by atoms with E-state index in [9.17, 15) is 14.2 Å². The quantitative estimate of drug-likeness (QED) is 0.579. The molecule has 0 unspecified atom stereocenters. The van der Waals surface area contributed by atoms with Gasteiger partial charge in [0, 0.05) is 18.9 Å². The summed E-state index contributed by atoms with van der Waals surface area (Å²) < 4.78 is 12.7. The molecular formula is C20H22LiO3P+. The fourth-order valence-electron chi connectivity index (χ4n) is 3.33. The summed E-state index contributed by atoms with van der Waals surface area (Å²) in [4.78, 5) is 25.4. The maximum atomic E-state index is 12.7. The van der Waals surface area contributed by atoms with E-state index >= 15 is 0 Å². The molecule has 5 heteroatoms. The van der Waals surface area contributed by atoms with E-state index in [1.165, 1.54) is 0 Å². The van der Waals surface area contributed by atoms with Crippen LogP contribution in [0.3, 0.4) is 0 Å². The summed E-state index contributed by atoms with van der Waals surface area (Å²) in [7, 11) is -2.67.